The van der Waals surface area contributed by atoms with Gasteiger partial charge in [0.15, 0.2) is 6.10 Å². The molecule has 0 radical (unpaired) electrons. The van der Waals surface area contributed by atoms with Crippen LogP contribution in [0.3, 0.4) is 0 Å². The number of carbonyl (C=O) groups is 3. The predicted molar refractivity (Wildman–Crippen MR) is 297 cm³/mol. The van der Waals surface area contributed by atoms with E-state index >= 15 is 0 Å². The number of allylic oxidation sites excluding steroid dienone is 22. The summed E-state index contributed by atoms with van der Waals surface area (Å²) >= 11 is 0. The maximum Gasteiger partial charge on any atom is 0.306 e. The van der Waals surface area contributed by atoms with Crippen LogP contribution in [0.4, 0.5) is 0 Å². The van der Waals surface area contributed by atoms with Crippen LogP contribution < -0.4 is 0 Å². The van der Waals surface area contributed by atoms with Crippen LogP contribution in [0.1, 0.15) is 226 Å². The van der Waals surface area contributed by atoms with Crippen molar-refractivity contribution in [3.63, 3.8) is 0 Å². The molecule has 6 nitrogen and oxygen atoms in total. The highest BCUT2D eigenvalue weighted by atomic mass is 16.6. The first-order valence-electron chi connectivity index (χ1n) is 27.7. The quantitative estimate of drug-likeness (QED) is 0.0262. The van der Waals surface area contributed by atoms with Gasteiger partial charge in [-0.3, -0.25) is 14.4 Å². The Hall–Kier alpha value is -4.45. The van der Waals surface area contributed by atoms with Gasteiger partial charge >= 0.3 is 17.9 Å². The van der Waals surface area contributed by atoms with Crippen LogP contribution in [0.5, 0.6) is 0 Å². The summed E-state index contributed by atoms with van der Waals surface area (Å²) in [5.41, 5.74) is 0. The smallest absolute Gasteiger partial charge is 0.306 e. The van der Waals surface area contributed by atoms with E-state index in [2.05, 4.69) is 154 Å². The normalized spacial score (nSPS) is 13.1. The van der Waals surface area contributed by atoms with Crippen LogP contribution in [-0.4, -0.2) is 37.2 Å². The maximum atomic E-state index is 12.8. The minimum atomic E-state index is -0.843. The van der Waals surface area contributed by atoms with Gasteiger partial charge in [-0.1, -0.05) is 206 Å². The molecular weight excluding hydrogens is 853 g/mol. The molecule has 0 aromatic heterocycles. The fourth-order valence-electron chi connectivity index (χ4n) is 6.90. The van der Waals surface area contributed by atoms with E-state index in [1.807, 2.05) is 0 Å². The zero-order valence-electron chi connectivity index (χ0n) is 44.3. The van der Waals surface area contributed by atoms with Crippen molar-refractivity contribution in [1.29, 1.82) is 0 Å². The van der Waals surface area contributed by atoms with E-state index in [1.54, 1.807) is 0 Å². The lowest BCUT2D eigenvalue weighted by Crippen LogP contribution is -2.30. The summed E-state index contributed by atoms with van der Waals surface area (Å²) in [5.74, 6) is -1.07. The van der Waals surface area contributed by atoms with Crippen LogP contribution in [-0.2, 0) is 28.6 Å². The Kier molecular flexibility index (Phi) is 52.5. The Morgan fingerprint density at radius 1 is 0.290 bits per heavy atom. The van der Waals surface area contributed by atoms with Gasteiger partial charge in [0.25, 0.3) is 0 Å². The highest BCUT2D eigenvalue weighted by Gasteiger charge is 2.19. The van der Waals surface area contributed by atoms with E-state index in [0.29, 0.717) is 19.3 Å². The standard InChI is InChI=1S/C63H100O6/c1-4-7-10-13-16-19-22-25-28-31-34-37-40-43-46-49-52-55-61(64)67-58-60(69-63(66)57-54-51-48-45-42-39-36-33-30-27-24-21-18-15-12-9-6-3)59-68-62(65)56-53-50-47-44-41-38-35-32-29-26-23-20-17-14-11-8-5-2/h16-21,25-30,34-39,43,45-46,48,60H,4-15,22-24,31-33,40-42,44,47,49-59H2,1-3H3/b19-16+,20-17+,21-18+,28-25+,29-26+,30-27+,37-34+,38-35+,39-36+,46-43+,48-45+/t60-/m0/s1. The lowest BCUT2D eigenvalue weighted by Gasteiger charge is -2.18. The maximum absolute atomic E-state index is 12.8. The highest BCUT2D eigenvalue weighted by Crippen LogP contribution is 2.11. The van der Waals surface area contributed by atoms with Crippen LogP contribution in [0, 0.1) is 0 Å². The number of hydrogen-bond acceptors (Lipinski definition) is 6. The van der Waals surface area contributed by atoms with Gasteiger partial charge in [-0.25, -0.2) is 0 Å². The molecular formula is C63H100O6. The number of rotatable bonds is 48. The van der Waals surface area contributed by atoms with Gasteiger partial charge in [0.1, 0.15) is 13.2 Å². The molecule has 0 spiro atoms. The van der Waals surface area contributed by atoms with E-state index in [1.165, 1.54) is 77.0 Å². The molecule has 0 fully saturated rings. The Labute approximate surface area is 424 Å². The number of esters is 3. The topological polar surface area (TPSA) is 78.9 Å². The molecule has 0 aliphatic rings. The first-order chi connectivity index (χ1) is 34.0. The van der Waals surface area contributed by atoms with Crippen molar-refractivity contribution in [3.8, 4) is 0 Å². The molecule has 0 aliphatic heterocycles. The van der Waals surface area contributed by atoms with E-state index < -0.39 is 6.10 Å². The first-order valence-corrected chi connectivity index (χ1v) is 27.7. The summed E-state index contributed by atoms with van der Waals surface area (Å²) in [4.78, 5) is 38.1. The van der Waals surface area contributed by atoms with Gasteiger partial charge in [-0.2, -0.15) is 0 Å². The SMILES string of the molecule is CCCCC/C=C/C/C=C/C/C=C/C/C=C/CCCC(=O)OC[C@@H](COC(=O)CCCCCC/C=C/C/C=C/C/C=C/CCCCC)OC(=O)CCC/C=C/C/C=C/C/C=C/C/C=C/CCCCC. The van der Waals surface area contributed by atoms with Crippen molar-refractivity contribution in [1.82, 2.24) is 0 Å². The summed E-state index contributed by atoms with van der Waals surface area (Å²) < 4.78 is 16.7. The zero-order valence-corrected chi connectivity index (χ0v) is 44.3. The van der Waals surface area contributed by atoms with Gasteiger partial charge < -0.3 is 14.2 Å². The lowest BCUT2D eigenvalue weighted by molar-refractivity contribution is -0.167. The molecule has 0 saturated carbocycles. The zero-order chi connectivity index (χ0) is 50.0. The highest BCUT2D eigenvalue weighted by molar-refractivity contribution is 5.71. The largest absolute Gasteiger partial charge is 0.462 e. The van der Waals surface area contributed by atoms with Crippen molar-refractivity contribution >= 4 is 17.9 Å². The number of unbranched alkanes of at least 4 members (excludes halogenated alkanes) is 15. The summed E-state index contributed by atoms with van der Waals surface area (Å²) in [6.45, 7) is 6.43. The van der Waals surface area contributed by atoms with Crippen LogP contribution >= 0.6 is 0 Å². The second-order valence-electron chi connectivity index (χ2n) is 17.8. The molecule has 0 aliphatic carbocycles. The molecule has 69 heavy (non-hydrogen) atoms. The Bertz CT molecular complexity index is 1510. The van der Waals surface area contributed by atoms with Gasteiger partial charge in [0.05, 0.1) is 0 Å². The average molecular weight is 953 g/mol. The third-order valence-electron chi connectivity index (χ3n) is 11.1. The van der Waals surface area contributed by atoms with Crippen LogP contribution in [0.25, 0.3) is 0 Å². The predicted octanol–water partition coefficient (Wildman–Crippen LogP) is 18.6. The number of ether oxygens (including phenoxy) is 3. The summed E-state index contributed by atoms with van der Waals surface area (Å²) in [7, 11) is 0. The molecule has 0 aromatic carbocycles. The Morgan fingerprint density at radius 3 is 0.855 bits per heavy atom. The summed E-state index contributed by atoms with van der Waals surface area (Å²) in [6, 6.07) is 0. The third-order valence-corrected chi connectivity index (χ3v) is 11.1. The van der Waals surface area contributed by atoms with Crippen molar-refractivity contribution in [2.75, 3.05) is 13.2 Å². The first kappa shape index (κ1) is 64.5. The fraction of sp³-hybridized carbons (Fsp3) is 0.603. The van der Waals surface area contributed by atoms with Crippen LogP contribution in [0.2, 0.25) is 0 Å². The Balaban J connectivity index is 4.63. The molecule has 0 saturated heterocycles. The molecule has 0 aromatic rings. The van der Waals surface area contributed by atoms with E-state index in [4.69, 9.17) is 14.2 Å². The minimum absolute atomic E-state index is 0.133. The molecule has 6 heteroatoms. The van der Waals surface area contributed by atoms with Crippen molar-refractivity contribution in [3.05, 3.63) is 134 Å². The van der Waals surface area contributed by atoms with E-state index in [-0.39, 0.29) is 44.0 Å². The average Bonchev–Trinajstić information content (AvgIpc) is 3.35. The molecule has 0 heterocycles. The van der Waals surface area contributed by atoms with Gasteiger partial charge in [-0.05, 0) is 135 Å². The minimum Gasteiger partial charge on any atom is -0.462 e. The second-order valence-corrected chi connectivity index (χ2v) is 17.8. The molecule has 0 bridgehead atoms. The van der Waals surface area contributed by atoms with Gasteiger partial charge in [-0.15, -0.1) is 0 Å². The summed E-state index contributed by atoms with van der Waals surface area (Å²) in [6.07, 6.45) is 78.7. The molecule has 0 unspecified atom stereocenters. The molecule has 0 amide bonds. The molecule has 388 valence electrons. The van der Waals surface area contributed by atoms with E-state index in [9.17, 15) is 14.4 Å². The lowest BCUT2D eigenvalue weighted by atomic mass is 10.1. The fourth-order valence-corrected chi connectivity index (χ4v) is 6.90. The van der Waals surface area contributed by atoms with Gasteiger partial charge in [0, 0.05) is 19.3 Å². The van der Waals surface area contributed by atoms with E-state index in [0.717, 1.165) is 96.3 Å². The summed E-state index contributed by atoms with van der Waals surface area (Å²) in [5, 5.41) is 0. The van der Waals surface area contributed by atoms with Gasteiger partial charge in [0.2, 0.25) is 0 Å². The third kappa shape index (κ3) is 54.4. The molecule has 0 rings (SSSR count). The van der Waals surface area contributed by atoms with Crippen molar-refractivity contribution in [2.24, 2.45) is 0 Å². The van der Waals surface area contributed by atoms with Crippen LogP contribution in [0.15, 0.2) is 134 Å². The second kappa shape index (κ2) is 56.1. The number of hydrogen-bond donors (Lipinski definition) is 0. The monoisotopic (exact) mass is 953 g/mol. The Morgan fingerprint density at radius 2 is 0.536 bits per heavy atom. The van der Waals surface area contributed by atoms with Crippen molar-refractivity contribution < 1.29 is 28.6 Å². The number of carbonyl (C=O) groups excluding carboxylic acids is 3. The van der Waals surface area contributed by atoms with Crippen molar-refractivity contribution in [2.45, 2.75) is 232 Å². The molecule has 1 atom stereocenters. The molecule has 0 N–H and O–H groups in total.